The standard InChI is InChI=1S/C16H25NO/c18-16(9-12-17-10-2-1-3-11-17)15-6-4-5-13-7-8-14(13)15/h7-8,13-15H,1-6,9-12H2. The second kappa shape index (κ2) is 5.56. The van der Waals surface area contributed by atoms with Crippen molar-refractivity contribution in [3.63, 3.8) is 0 Å². The SMILES string of the molecule is O=C(CCN1CCCCC1)C1CCCC2C=CC21. The molecule has 0 aromatic carbocycles. The number of Topliss-reactive ketones (excluding diaryl/α,β-unsaturated/α-hetero) is 1. The number of hydrogen-bond acceptors (Lipinski definition) is 2. The molecule has 1 saturated carbocycles. The summed E-state index contributed by atoms with van der Waals surface area (Å²) in [5.41, 5.74) is 0. The molecule has 1 heterocycles. The van der Waals surface area contributed by atoms with Gasteiger partial charge in [-0.3, -0.25) is 4.79 Å². The van der Waals surface area contributed by atoms with Crippen LogP contribution in [0.25, 0.3) is 0 Å². The van der Waals surface area contributed by atoms with E-state index in [0.29, 0.717) is 17.6 Å². The molecule has 2 nitrogen and oxygen atoms in total. The maximum atomic E-state index is 12.4. The Morgan fingerprint density at radius 3 is 2.61 bits per heavy atom. The number of piperidine rings is 1. The van der Waals surface area contributed by atoms with Crippen LogP contribution in [0.5, 0.6) is 0 Å². The largest absolute Gasteiger partial charge is 0.303 e. The number of carbonyl (C=O) groups is 1. The highest BCUT2D eigenvalue weighted by atomic mass is 16.1. The molecular formula is C16H25NO. The van der Waals surface area contributed by atoms with Gasteiger partial charge in [-0.05, 0) is 50.6 Å². The molecule has 3 unspecified atom stereocenters. The number of carbonyl (C=O) groups excluding carboxylic acids is 1. The van der Waals surface area contributed by atoms with Crippen LogP contribution in [0.2, 0.25) is 0 Å². The average molecular weight is 247 g/mol. The Bertz CT molecular complexity index is 330. The van der Waals surface area contributed by atoms with Crippen molar-refractivity contribution in [2.75, 3.05) is 19.6 Å². The molecule has 0 N–H and O–H groups in total. The summed E-state index contributed by atoms with van der Waals surface area (Å²) in [5, 5.41) is 0. The van der Waals surface area contributed by atoms with Gasteiger partial charge < -0.3 is 4.90 Å². The highest BCUT2D eigenvalue weighted by Gasteiger charge is 2.38. The molecule has 1 aliphatic heterocycles. The van der Waals surface area contributed by atoms with Gasteiger partial charge in [0.15, 0.2) is 0 Å². The first kappa shape index (κ1) is 12.4. The summed E-state index contributed by atoms with van der Waals surface area (Å²) < 4.78 is 0. The number of rotatable bonds is 4. The average Bonchev–Trinajstić information content (AvgIpc) is 2.38. The fourth-order valence-corrected chi connectivity index (χ4v) is 3.90. The number of likely N-dealkylation sites (tertiary alicyclic amines) is 1. The quantitative estimate of drug-likeness (QED) is 0.712. The molecule has 2 heteroatoms. The molecular weight excluding hydrogens is 222 g/mol. The summed E-state index contributed by atoms with van der Waals surface area (Å²) >= 11 is 0. The van der Waals surface area contributed by atoms with Crippen molar-refractivity contribution < 1.29 is 4.79 Å². The molecule has 1 saturated heterocycles. The van der Waals surface area contributed by atoms with Crippen LogP contribution in [0.1, 0.15) is 44.9 Å². The van der Waals surface area contributed by atoms with Crippen LogP contribution in [0.4, 0.5) is 0 Å². The number of ketones is 1. The second-order valence-corrected chi connectivity index (χ2v) is 6.28. The van der Waals surface area contributed by atoms with Crippen molar-refractivity contribution in [2.45, 2.75) is 44.9 Å². The lowest BCUT2D eigenvalue weighted by Crippen LogP contribution is -2.38. The van der Waals surface area contributed by atoms with E-state index in [9.17, 15) is 4.79 Å². The summed E-state index contributed by atoms with van der Waals surface area (Å²) in [6.45, 7) is 3.43. The first-order valence-electron chi connectivity index (χ1n) is 7.78. The smallest absolute Gasteiger partial charge is 0.137 e. The fraction of sp³-hybridized carbons (Fsp3) is 0.812. The molecule has 2 fully saturated rings. The number of fused-ring (bicyclic) bond motifs is 1. The number of allylic oxidation sites excluding steroid dienone is 2. The second-order valence-electron chi connectivity index (χ2n) is 6.28. The molecule has 18 heavy (non-hydrogen) atoms. The van der Waals surface area contributed by atoms with Crippen LogP contribution in [0, 0.1) is 17.8 Å². The summed E-state index contributed by atoms with van der Waals surface area (Å²) in [7, 11) is 0. The van der Waals surface area contributed by atoms with E-state index in [4.69, 9.17) is 0 Å². The van der Waals surface area contributed by atoms with Crippen molar-refractivity contribution >= 4 is 5.78 Å². The molecule has 2 aliphatic carbocycles. The van der Waals surface area contributed by atoms with Gasteiger partial charge in [0.25, 0.3) is 0 Å². The lowest BCUT2D eigenvalue weighted by atomic mass is 9.64. The molecule has 3 atom stereocenters. The van der Waals surface area contributed by atoms with E-state index < -0.39 is 0 Å². The first-order valence-corrected chi connectivity index (χ1v) is 7.78. The molecule has 0 aromatic rings. The fourth-order valence-electron chi connectivity index (χ4n) is 3.90. The van der Waals surface area contributed by atoms with E-state index in [0.717, 1.165) is 25.3 Å². The monoisotopic (exact) mass is 247 g/mol. The van der Waals surface area contributed by atoms with Gasteiger partial charge in [-0.2, -0.15) is 0 Å². The van der Waals surface area contributed by atoms with Gasteiger partial charge >= 0.3 is 0 Å². The summed E-state index contributed by atoms with van der Waals surface area (Å²) in [6, 6.07) is 0. The Labute approximate surface area is 110 Å². The van der Waals surface area contributed by atoms with Gasteiger partial charge in [0, 0.05) is 18.9 Å². The van der Waals surface area contributed by atoms with Gasteiger partial charge in [0.2, 0.25) is 0 Å². The lowest BCUT2D eigenvalue weighted by molar-refractivity contribution is -0.126. The Morgan fingerprint density at radius 2 is 1.89 bits per heavy atom. The van der Waals surface area contributed by atoms with E-state index in [-0.39, 0.29) is 0 Å². The predicted octanol–water partition coefficient (Wildman–Crippen LogP) is 3.03. The maximum Gasteiger partial charge on any atom is 0.137 e. The van der Waals surface area contributed by atoms with Gasteiger partial charge in [-0.15, -0.1) is 0 Å². The van der Waals surface area contributed by atoms with Crippen molar-refractivity contribution in [1.82, 2.24) is 4.90 Å². The van der Waals surface area contributed by atoms with Crippen molar-refractivity contribution in [1.29, 1.82) is 0 Å². The van der Waals surface area contributed by atoms with Crippen LogP contribution in [0.15, 0.2) is 12.2 Å². The molecule has 100 valence electrons. The Kier molecular flexibility index (Phi) is 3.83. The maximum absolute atomic E-state index is 12.4. The summed E-state index contributed by atoms with van der Waals surface area (Å²) in [4.78, 5) is 14.9. The van der Waals surface area contributed by atoms with E-state index in [1.54, 1.807) is 0 Å². The molecule has 3 rings (SSSR count). The topological polar surface area (TPSA) is 20.3 Å². The van der Waals surface area contributed by atoms with Crippen LogP contribution in [0.3, 0.4) is 0 Å². The zero-order valence-electron chi connectivity index (χ0n) is 11.3. The van der Waals surface area contributed by atoms with E-state index in [1.807, 2.05) is 0 Å². The minimum Gasteiger partial charge on any atom is -0.303 e. The molecule has 3 aliphatic rings. The zero-order valence-corrected chi connectivity index (χ0v) is 11.3. The molecule has 0 amide bonds. The third-order valence-corrected chi connectivity index (χ3v) is 5.13. The number of nitrogens with zero attached hydrogens (tertiary/aromatic N) is 1. The number of hydrogen-bond donors (Lipinski definition) is 0. The Balaban J connectivity index is 1.47. The molecule has 0 radical (unpaired) electrons. The highest BCUT2D eigenvalue weighted by Crippen LogP contribution is 2.43. The minimum absolute atomic E-state index is 0.360. The third-order valence-electron chi connectivity index (χ3n) is 5.13. The van der Waals surface area contributed by atoms with E-state index in [1.165, 1.54) is 45.2 Å². The third kappa shape index (κ3) is 2.54. The van der Waals surface area contributed by atoms with Crippen molar-refractivity contribution in [3.8, 4) is 0 Å². The van der Waals surface area contributed by atoms with Crippen molar-refractivity contribution in [2.24, 2.45) is 17.8 Å². The predicted molar refractivity (Wildman–Crippen MR) is 73.4 cm³/mol. The normalized spacial score (nSPS) is 35.9. The first-order chi connectivity index (χ1) is 8.84. The summed E-state index contributed by atoms with van der Waals surface area (Å²) in [5.74, 6) is 2.24. The summed E-state index contributed by atoms with van der Waals surface area (Å²) in [6.07, 6.45) is 13.1. The van der Waals surface area contributed by atoms with Crippen LogP contribution >= 0.6 is 0 Å². The zero-order chi connectivity index (χ0) is 12.4. The van der Waals surface area contributed by atoms with E-state index >= 15 is 0 Å². The van der Waals surface area contributed by atoms with Gasteiger partial charge in [-0.25, -0.2) is 0 Å². The minimum atomic E-state index is 0.360. The molecule has 0 aromatic heterocycles. The lowest BCUT2D eigenvalue weighted by Gasteiger charge is -2.40. The van der Waals surface area contributed by atoms with Crippen LogP contribution in [-0.4, -0.2) is 30.3 Å². The molecule has 0 spiro atoms. The van der Waals surface area contributed by atoms with Crippen LogP contribution < -0.4 is 0 Å². The Hall–Kier alpha value is -0.630. The highest BCUT2D eigenvalue weighted by molar-refractivity contribution is 5.82. The van der Waals surface area contributed by atoms with Gasteiger partial charge in [0.1, 0.15) is 5.78 Å². The van der Waals surface area contributed by atoms with Crippen LogP contribution in [-0.2, 0) is 4.79 Å². The van der Waals surface area contributed by atoms with E-state index in [2.05, 4.69) is 17.1 Å². The Morgan fingerprint density at radius 1 is 1.06 bits per heavy atom. The molecule has 0 bridgehead atoms. The van der Waals surface area contributed by atoms with Gasteiger partial charge in [0.05, 0.1) is 0 Å². The van der Waals surface area contributed by atoms with Crippen molar-refractivity contribution in [3.05, 3.63) is 12.2 Å². The van der Waals surface area contributed by atoms with Gasteiger partial charge in [-0.1, -0.05) is 25.0 Å².